The van der Waals surface area contributed by atoms with Crippen molar-refractivity contribution < 1.29 is 9.59 Å². The first kappa shape index (κ1) is 8.72. The third-order valence-electron chi connectivity index (χ3n) is 6.89. The molecule has 5 fully saturated rings. The number of amides is 3. The van der Waals surface area contributed by atoms with Crippen molar-refractivity contribution in [3.63, 3.8) is 0 Å². The fraction of sp³-hybridized carbons (Fsp3) is 0.692. The molecule has 0 aromatic carbocycles. The van der Waals surface area contributed by atoms with Crippen LogP contribution in [0.3, 0.4) is 0 Å². The summed E-state index contributed by atoms with van der Waals surface area (Å²) in [6.07, 6.45) is 0.837. The van der Waals surface area contributed by atoms with Gasteiger partial charge in [-0.1, -0.05) is 19.1 Å². The molecule has 6 atom stereocenters. The van der Waals surface area contributed by atoms with Crippen LogP contribution in [0.2, 0.25) is 0 Å². The first-order valence-electron chi connectivity index (χ1n) is 6.22. The quantitative estimate of drug-likeness (QED) is 0.624. The molecule has 4 heteroatoms. The fourth-order valence-electron chi connectivity index (χ4n) is 6.72. The van der Waals surface area contributed by atoms with Gasteiger partial charge in [-0.2, -0.15) is 0 Å². The molecule has 0 aromatic heterocycles. The second-order valence-electron chi connectivity index (χ2n) is 6.65. The summed E-state index contributed by atoms with van der Waals surface area (Å²) in [4.78, 5) is 26.0. The van der Waals surface area contributed by atoms with Crippen LogP contribution in [0.4, 0.5) is 4.79 Å². The molecule has 5 aliphatic rings. The maximum absolute atomic E-state index is 12.3. The van der Waals surface area contributed by atoms with Gasteiger partial charge in [-0.15, -0.1) is 0 Å². The van der Waals surface area contributed by atoms with E-state index >= 15 is 0 Å². The summed E-state index contributed by atoms with van der Waals surface area (Å²) >= 11 is 0. The highest BCUT2D eigenvalue weighted by molar-refractivity contribution is 6.08. The second kappa shape index (κ2) is 1.74. The van der Waals surface area contributed by atoms with Gasteiger partial charge in [0.1, 0.15) is 0 Å². The fourth-order valence-corrected chi connectivity index (χ4v) is 6.72. The summed E-state index contributed by atoms with van der Waals surface area (Å²) in [7, 11) is 1.84. The number of imide groups is 1. The Kier molecular flexibility index (Phi) is 0.895. The predicted octanol–water partition coefficient (Wildman–Crippen LogP) is 0.749. The van der Waals surface area contributed by atoms with Gasteiger partial charge < -0.3 is 4.90 Å². The van der Waals surface area contributed by atoms with E-state index in [0.717, 1.165) is 6.42 Å². The molecular weight excluding hydrogens is 216 g/mol. The van der Waals surface area contributed by atoms with E-state index in [9.17, 15) is 9.59 Å². The molecule has 4 saturated carbocycles. The Bertz CT molecular complexity index is 570. The Morgan fingerprint density at radius 2 is 2.12 bits per heavy atom. The van der Waals surface area contributed by atoms with E-state index in [2.05, 4.69) is 18.8 Å². The topological polar surface area (TPSA) is 49.4 Å². The van der Waals surface area contributed by atoms with Gasteiger partial charge in [0.25, 0.3) is 0 Å². The van der Waals surface area contributed by atoms with Crippen LogP contribution < -0.4 is 5.32 Å². The van der Waals surface area contributed by atoms with E-state index < -0.39 is 0 Å². The molecule has 6 unspecified atom stereocenters. The monoisotopic (exact) mass is 230 g/mol. The van der Waals surface area contributed by atoms with E-state index in [4.69, 9.17) is 0 Å². The van der Waals surface area contributed by atoms with Crippen molar-refractivity contribution in [2.75, 3.05) is 7.05 Å². The average molecular weight is 230 g/mol. The molecular formula is C13H14N2O2. The minimum absolute atomic E-state index is 0.0145. The Labute approximate surface area is 99.0 Å². The van der Waals surface area contributed by atoms with Crippen LogP contribution in [0.5, 0.6) is 0 Å². The minimum atomic E-state index is -0.265. The maximum Gasteiger partial charge on any atom is 0.324 e. The maximum atomic E-state index is 12.3. The van der Waals surface area contributed by atoms with Crippen LogP contribution in [0, 0.1) is 28.6 Å². The highest BCUT2D eigenvalue weighted by Crippen LogP contribution is 3.04. The largest absolute Gasteiger partial charge is 0.324 e. The van der Waals surface area contributed by atoms with Crippen LogP contribution in [0.1, 0.15) is 13.3 Å². The van der Waals surface area contributed by atoms with Gasteiger partial charge in [0.15, 0.2) is 0 Å². The smallest absolute Gasteiger partial charge is 0.320 e. The number of urea groups is 1. The number of carbonyl (C=O) groups is 2. The molecule has 2 spiro atoms. The Morgan fingerprint density at radius 3 is 2.82 bits per heavy atom. The highest BCUT2D eigenvalue weighted by Gasteiger charge is 3.10. The molecule has 3 amide bonds. The van der Waals surface area contributed by atoms with Gasteiger partial charge >= 0.3 is 6.03 Å². The number of nitrogens with one attached hydrogen (secondary N) is 1. The summed E-state index contributed by atoms with van der Waals surface area (Å²) in [5, 5.41) is 2.54. The third kappa shape index (κ3) is 0.412. The molecule has 5 rings (SSSR count). The zero-order valence-electron chi connectivity index (χ0n) is 9.91. The van der Waals surface area contributed by atoms with Crippen LogP contribution in [0.25, 0.3) is 0 Å². The SMILES string of the molecule is C=C1CC23C4C1C1C4(C)C12C(=O)NC(=O)N3C. The molecule has 88 valence electrons. The molecule has 1 N–H and O–H groups in total. The summed E-state index contributed by atoms with van der Waals surface area (Å²) < 4.78 is 0. The first-order chi connectivity index (χ1) is 7.95. The summed E-state index contributed by atoms with van der Waals surface area (Å²) in [5.74, 6) is 1.43. The molecule has 4 aliphatic carbocycles. The van der Waals surface area contributed by atoms with E-state index in [1.165, 1.54) is 5.57 Å². The number of hydrogen-bond donors (Lipinski definition) is 1. The normalized spacial score (nSPS) is 64.5. The van der Waals surface area contributed by atoms with Gasteiger partial charge in [-0.3, -0.25) is 10.1 Å². The molecule has 1 saturated heterocycles. The molecule has 0 aromatic rings. The lowest BCUT2D eigenvalue weighted by Crippen LogP contribution is -2.77. The van der Waals surface area contributed by atoms with E-state index in [1.54, 1.807) is 4.90 Å². The van der Waals surface area contributed by atoms with Crippen molar-refractivity contribution in [3.8, 4) is 0 Å². The highest BCUT2D eigenvalue weighted by atomic mass is 16.2. The first-order valence-corrected chi connectivity index (χ1v) is 6.22. The van der Waals surface area contributed by atoms with E-state index in [0.29, 0.717) is 17.8 Å². The number of carbonyl (C=O) groups excluding carboxylic acids is 2. The van der Waals surface area contributed by atoms with Gasteiger partial charge in [0, 0.05) is 7.05 Å². The lowest BCUT2D eigenvalue weighted by molar-refractivity contribution is -0.161. The summed E-state index contributed by atoms with van der Waals surface area (Å²) in [6.45, 7) is 6.38. The summed E-state index contributed by atoms with van der Waals surface area (Å²) in [5.41, 5.74) is 0.947. The number of hydrogen-bond acceptors (Lipinski definition) is 2. The average Bonchev–Trinajstić information content (AvgIpc) is 2.59. The molecule has 0 radical (unpaired) electrons. The zero-order valence-corrected chi connectivity index (χ0v) is 9.91. The van der Waals surface area contributed by atoms with Gasteiger partial charge in [-0.25, -0.2) is 4.79 Å². The molecule has 4 nitrogen and oxygen atoms in total. The zero-order chi connectivity index (χ0) is 12.0. The Morgan fingerprint density at radius 1 is 1.41 bits per heavy atom. The Hall–Kier alpha value is -1.32. The Balaban J connectivity index is 1.81. The molecule has 17 heavy (non-hydrogen) atoms. The van der Waals surface area contributed by atoms with Gasteiger partial charge in [0.05, 0.1) is 11.0 Å². The van der Waals surface area contributed by atoms with Crippen molar-refractivity contribution in [3.05, 3.63) is 12.2 Å². The van der Waals surface area contributed by atoms with Crippen molar-refractivity contribution in [1.29, 1.82) is 0 Å². The number of fused-ring (bicyclic) bond motifs is 1. The van der Waals surface area contributed by atoms with Gasteiger partial charge in [0.2, 0.25) is 5.91 Å². The van der Waals surface area contributed by atoms with Crippen molar-refractivity contribution >= 4 is 11.9 Å². The van der Waals surface area contributed by atoms with Crippen LogP contribution in [0.15, 0.2) is 12.2 Å². The lowest BCUT2D eigenvalue weighted by atomic mass is 9.50. The molecule has 1 heterocycles. The van der Waals surface area contributed by atoms with Crippen molar-refractivity contribution in [1.82, 2.24) is 10.2 Å². The predicted molar refractivity (Wildman–Crippen MR) is 58.8 cm³/mol. The summed E-state index contributed by atoms with van der Waals surface area (Å²) in [6, 6.07) is -0.228. The number of nitrogens with zero attached hydrogens (tertiary/aromatic N) is 1. The standard InChI is InChI=1S/C13H14N2O2/c1-5-4-12-7-6(5)8-11(7,2)13(8,12)9(16)14-10(17)15(12)3/h6-8H,1,4H2,2-3H3,(H,14,16,17). The molecule has 0 bridgehead atoms. The van der Waals surface area contributed by atoms with Crippen LogP contribution in [-0.4, -0.2) is 29.4 Å². The van der Waals surface area contributed by atoms with Crippen LogP contribution >= 0.6 is 0 Å². The minimum Gasteiger partial charge on any atom is -0.320 e. The van der Waals surface area contributed by atoms with E-state index in [-0.39, 0.29) is 28.3 Å². The van der Waals surface area contributed by atoms with Crippen molar-refractivity contribution in [2.24, 2.45) is 28.6 Å². The second-order valence-corrected chi connectivity index (χ2v) is 6.65. The van der Waals surface area contributed by atoms with E-state index in [1.807, 2.05) is 7.05 Å². The van der Waals surface area contributed by atoms with Crippen molar-refractivity contribution in [2.45, 2.75) is 18.9 Å². The lowest BCUT2D eigenvalue weighted by Gasteiger charge is -2.62. The molecule has 1 aliphatic heterocycles. The van der Waals surface area contributed by atoms with Crippen LogP contribution in [-0.2, 0) is 4.79 Å². The third-order valence-corrected chi connectivity index (χ3v) is 6.89. The number of rotatable bonds is 0. The van der Waals surface area contributed by atoms with Gasteiger partial charge in [-0.05, 0) is 29.6 Å².